The van der Waals surface area contributed by atoms with E-state index in [9.17, 15) is 20.1 Å². The molecule has 0 aliphatic rings. The molecule has 0 saturated heterocycles. The highest BCUT2D eigenvalue weighted by atomic mass is 127. The summed E-state index contributed by atoms with van der Waals surface area (Å²) < 4.78 is 2.69. The molecular weight excluding hydrogens is 711 g/mol. The number of carboxylic acids is 1. The number of hydrogen-bond donors (Lipinski definition) is 4. The molecule has 0 aromatic heterocycles. The van der Waals surface area contributed by atoms with Crippen molar-refractivity contribution in [2.24, 2.45) is 0 Å². The maximum absolute atomic E-state index is 11.9. The van der Waals surface area contributed by atoms with Gasteiger partial charge in [0.15, 0.2) is 0 Å². The molecule has 0 heterocycles. The van der Waals surface area contributed by atoms with E-state index in [0.29, 0.717) is 5.69 Å². The predicted molar refractivity (Wildman–Crippen MR) is 139 cm³/mol. The fourth-order valence-electron chi connectivity index (χ4n) is 2.90. The Morgan fingerprint density at radius 1 is 0.931 bits per heavy atom. The number of aromatic hydroxyl groups is 2. The Bertz CT molecular complexity index is 1050. The zero-order chi connectivity index (χ0) is 21.1. The fourth-order valence-corrected chi connectivity index (χ4v) is 5.57. The molecule has 0 bridgehead atoms. The molecule has 8 heteroatoms. The second kappa shape index (κ2) is 9.69. The number of benzene rings is 3. The number of nitrogens with one attached hydrogen (secondary N) is 1. The van der Waals surface area contributed by atoms with Gasteiger partial charge < -0.3 is 20.6 Å². The zero-order valence-corrected chi connectivity index (χ0v) is 21.3. The first-order valence-electron chi connectivity index (χ1n) is 8.50. The number of aliphatic carboxylic acids is 1. The van der Waals surface area contributed by atoms with Gasteiger partial charge in [-0.15, -0.1) is 0 Å². The Hall–Kier alpha value is -1.28. The summed E-state index contributed by atoms with van der Waals surface area (Å²) in [4.78, 5) is 11.9. The van der Waals surface area contributed by atoms with Gasteiger partial charge in [-0.05, 0) is 115 Å². The van der Waals surface area contributed by atoms with Crippen LogP contribution in [0.3, 0.4) is 0 Å². The van der Waals surface area contributed by atoms with E-state index in [4.69, 9.17) is 0 Å². The molecule has 0 amide bonds. The quantitative estimate of drug-likeness (QED) is 0.246. The summed E-state index contributed by atoms with van der Waals surface area (Å²) in [5, 5.41) is 32.3. The van der Waals surface area contributed by atoms with Gasteiger partial charge in [0.25, 0.3) is 0 Å². The molecule has 0 saturated carbocycles. The smallest absolute Gasteiger partial charge is 0.326 e. The molecule has 29 heavy (non-hydrogen) atoms. The molecule has 5 nitrogen and oxygen atoms in total. The van der Waals surface area contributed by atoms with E-state index < -0.39 is 12.0 Å². The first kappa shape index (κ1) is 22.4. The van der Waals surface area contributed by atoms with Crippen molar-refractivity contribution in [2.75, 3.05) is 5.32 Å². The van der Waals surface area contributed by atoms with E-state index >= 15 is 0 Å². The van der Waals surface area contributed by atoms with Crippen LogP contribution in [0, 0.1) is 10.7 Å². The molecule has 0 aliphatic carbocycles. The van der Waals surface area contributed by atoms with Crippen molar-refractivity contribution in [1.29, 1.82) is 0 Å². The van der Waals surface area contributed by atoms with Crippen LogP contribution in [0.25, 0.3) is 11.1 Å². The number of anilines is 1. The average Bonchev–Trinajstić information content (AvgIpc) is 2.65. The summed E-state index contributed by atoms with van der Waals surface area (Å²) in [5.74, 6) is -0.608. The van der Waals surface area contributed by atoms with Gasteiger partial charge in [-0.1, -0.05) is 18.2 Å². The van der Waals surface area contributed by atoms with Crippen molar-refractivity contribution in [3.8, 4) is 22.6 Å². The van der Waals surface area contributed by atoms with Crippen LogP contribution in [-0.2, 0) is 11.2 Å². The van der Waals surface area contributed by atoms with Crippen molar-refractivity contribution in [3.63, 3.8) is 0 Å². The van der Waals surface area contributed by atoms with E-state index in [1.54, 1.807) is 30.3 Å². The van der Waals surface area contributed by atoms with Crippen molar-refractivity contribution < 1.29 is 20.1 Å². The van der Waals surface area contributed by atoms with Crippen molar-refractivity contribution in [1.82, 2.24) is 0 Å². The third-order valence-corrected chi connectivity index (χ3v) is 6.63. The lowest BCUT2D eigenvalue weighted by Crippen LogP contribution is -2.31. The molecule has 3 rings (SSSR count). The lowest BCUT2D eigenvalue weighted by Gasteiger charge is -2.20. The number of carboxylic acid groups (broad SMARTS) is 1. The lowest BCUT2D eigenvalue weighted by atomic mass is 10.0. The summed E-state index contributed by atoms with van der Waals surface area (Å²) in [7, 11) is 0. The minimum Gasteiger partial charge on any atom is -0.508 e. The molecule has 1 unspecified atom stereocenters. The summed E-state index contributed by atoms with van der Waals surface area (Å²) in [5.41, 5.74) is 3.31. The Balaban J connectivity index is 2.00. The van der Waals surface area contributed by atoms with Crippen LogP contribution in [0.5, 0.6) is 11.5 Å². The molecule has 1 atom stereocenters. The van der Waals surface area contributed by atoms with Crippen LogP contribution in [0.2, 0.25) is 0 Å². The Morgan fingerprint density at radius 3 is 2.24 bits per heavy atom. The van der Waals surface area contributed by atoms with Crippen LogP contribution in [0.4, 0.5) is 5.69 Å². The minimum absolute atomic E-state index is 0.143. The number of carbonyl (C=O) groups is 1. The van der Waals surface area contributed by atoms with Gasteiger partial charge >= 0.3 is 5.97 Å². The highest BCUT2D eigenvalue weighted by Crippen LogP contribution is 2.37. The van der Waals surface area contributed by atoms with Gasteiger partial charge in [0.1, 0.15) is 17.5 Å². The molecule has 150 valence electrons. The summed E-state index contributed by atoms with van der Waals surface area (Å²) in [6.07, 6.45) is 0.268. The van der Waals surface area contributed by atoms with E-state index in [1.807, 2.05) is 24.3 Å². The van der Waals surface area contributed by atoms with E-state index in [0.717, 1.165) is 27.4 Å². The topological polar surface area (TPSA) is 89.8 Å². The van der Waals surface area contributed by atoms with Gasteiger partial charge in [-0.3, -0.25) is 0 Å². The van der Waals surface area contributed by atoms with Gasteiger partial charge in [-0.2, -0.15) is 0 Å². The van der Waals surface area contributed by atoms with Crippen molar-refractivity contribution in [2.45, 2.75) is 12.5 Å². The zero-order valence-electron chi connectivity index (χ0n) is 14.9. The van der Waals surface area contributed by atoms with Crippen LogP contribution >= 0.6 is 67.8 Å². The van der Waals surface area contributed by atoms with Crippen molar-refractivity contribution in [3.05, 3.63) is 70.9 Å². The summed E-state index contributed by atoms with van der Waals surface area (Å²) in [6, 6.07) is 15.0. The normalized spacial score (nSPS) is 11.8. The van der Waals surface area contributed by atoms with Crippen molar-refractivity contribution >= 4 is 79.4 Å². The first-order chi connectivity index (χ1) is 13.7. The largest absolute Gasteiger partial charge is 0.508 e. The standard InChI is InChI=1S/C21H16I3NO4/c22-13-9-16(24)20(12-3-6-19(27)15(23)8-12)17(10-13)25-18(21(28)29)7-11-1-4-14(26)5-2-11/h1-6,8-10,18,25-27H,7H2,(H,28,29). The molecule has 0 radical (unpaired) electrons. The molecule has 0 aliphatic heterocycles. The van der Waals surface area contributed by atoms with Crippen LogP contribution in [-0.4, -0.2) is 27.3 Å². The van der Waals surface area contributed by atoms with Gasteiger partial charge in [0.2, 0.25) is 0 Å². The minimum atomic E-state index is -0.960. The van der Waals surface area contributed by atoms with Gasteiger partial charge in [-0.25, -0.2) is 4.79 Å². The van der Waals surface area contributed by atoms with Crippen LogP contribution in [0.1, 0.15) is 5.56 Å². The molecule has 0 spiro atoms. The number of halogens is 3. The first-order valence-corrected chi connectivity index (χ1v) is 11.7. The number of hydrogen-bond acceptors (Lipinski definition) is 4. The lowest BCUT2D eigenvalue weighted by molar-refractivity contribution is -0.137. The highest BCUT2D eigenvalue weighted by molar-refractivity contribution is 14.1. The summed E-state index contributed by atoms with van der Waals surface area (Å²) in [6.45, 7) is 0. The molecule has 3 aromatic rings. The average molecular weight is 727 g/mol. The molecular formula is C21H16I3NO4. The van der Waals surface area contributed by atoms with Crippen LogP contribution in [0.15, 0.2) is 54.6 Å². The second-order valence-electron chi connectivity index (χ2n) is 6.38. The maximum Gasteiger partial charge on any atom is 0.326 e. The van der Waals surface area contributed by atoms with Crippen LogP contribution < -0.4 is 5.32 Å². The van der Waals surface area contributed by atoms with Gasteiger partial charge in [0.05, 0.1) is 3.57 Å². The Kier molecular flexibility index (Phi) is 7.48. The number of phenolic OH excluding ortho intramolecular Hbond substituents is 2. The fraction of sp³-hybridized carbons (Fsp3) is 0.0952. The van der Waals surface area contributed by atoms with E-state index in [2.05, 4.69) is 73.1 Å². The molecule has 4 N–H and O–H groups in total. The van der Waals surface area contributed by atoms with E-state index in [-0.39, 0.29) is 17.9 Å². The number of rotatable bonds is 6. The Morgan fingerprint density at radius 2 is 1.62 bits per heavy atom. The third kappa shape index (κ3) is 5.66. The monoisotopic (exact) mass is 727 g/mol. The second-order valence-corrected chi connectivity index (χ2v) is 9.95. The van der Waals surface area contributed by atoms with E-state index in [1.165, 1.54) is 0 Å². The Labute approximate surface area is 209 Å². The third-order valence-electron chi connectivity index (χ3n) is 4.30. The molecule has 3 aromatic carbocycles. The number of phenols is 2. The predicted octanol–water partition coefficient (Wildman–Crippen LogP) is 5.69. The summed E-state index contributed by atoms with van der Waals surface area (Å²) >= 11 is 6.52. The highest BCUT2D eigenvalue weighted by Gasteiger charge is 2.21. The SMILES string of the molecule is O=C(O)C(Cc1ccc(O)cc1)Nc1cc(I)cc(I)c1-c1ccc(O)c(I)c1. The van der Waals surface area contributed by atoms with Gasteiger partial charge in [0, 0.05) is 24.8 Å². The molecule has 0 fully saturated rings. The maximum atomic E-state index is 11.9.